The van der Waals surface area contributed by atoms with Crippen molar-refractivity contribution >= 4 is 40.6 Å². The van der Waals surface area contributed by atoms with E-state index in [2.05, 4.69) is 22.9 Å². The minimum absolute atomic E-state index is 0.00726. The number of nitrogens with one attached hydrogen (secondary N) is 1. The lowest BCUT2D eigenvalue weighted by atomic mass is 9.90. The zero-order chi connectivity index (χ0) is 32.9. The van der Waals surface area contributed by atoms with Crippen molar-refractivity contribution in [3.63, 3.8) is 0 Å². The van der Waals surface area contributed by atoms with Crippen molar-refractivity contribution in [3.8, 4) is 23.1 Å². The molecule has 5 rings (SSSR count). The second-order valence-corrected chi connectivity index (χ2v) is 11.9. The van der Waals surface area contributed by atoms with Crippen molar-refractivity contribution < 1.29 is 28.2 Å². The molecule has 1 fully saturated rings. The number of aromatic nitrogens is 1. The minimum Gasteiger partial charge on any atom is -0.504 e. The first-order valence-corrected chi connectivity index (χ1v) is 14.8. The van der Waals surface area contributed by atoms with Crippen LogP contribution >= 0.6 is 23.2 Å². The summed E-state index contributed by atoms with van der Waals surface area (Å²) in [5.41, 5.74) is 0.279. The topological polar surface area (TPSA) is 116 Å². The Bertz CT molecular complexity index is 1720. The Kier molecular flexibility index (Phi) is 8.81. The molecule has 0 aliphatic carbocycles. The molecule has 0 radical (unpaired) electrons. The van der Waals surface area contributed by atoms with Crippen LogP contribution in [0.15, 0.2) is 47.8 Å². The monoisotopic (exact) mass is 660 g/mol. The Labute approximate surface area is 267 Å². The number of phenolic OH excluding ortho intramolecular Hbond substituents is 1. The SMILES string of the molecule is C=CC(=O)N1CCN(C2=C(C#N)C(O)N(C3=C(C)C=CNC3C(C)C)c3nc(-c4c(O)c(F)c(Cl)c(F)c4F)c(Cl)cc32)CC1. The Balaban J connectivity index is 1.79. The highest BCUT2D eigenvalue weighted by atomic mass is 35.5. The van der Waals surface area contributed by atoms with Crippen LogP contribution in [-0.4, -0.2) is 69.4 Å². The maximum atomic E-state index is 15.3. The summed E-state index contributed by atoms with van der Waals surface area (Å²) < 4.78 is 44.6. The first-order valence-electron chi connectivity index (χ1n) is 14.0. The molecule has 2 atom stereocenters. The van der Waals surface area contributed by atoms with Crippen molar-refractivity contribution in [3.05, 3.63) is 80.9 Å². The number of pyridine rings is 1. The zero-order valence-corrected chi connectivity index (χ0v) is 26.0. The van der Waals surface area contributed by atoms with Gasteiger partial charge in [0.15, 0.2) is 29.4 Å². The van der Waals surface area contributed by atoms with Gasteiger partial charge >= 0.3 is 0 Å². The number of amides is 1. The number of carbonyl (C=O) groups is 1. The molecular formula is C31H29Cl2F3N6O3. The number of aromatic hydroxyl groups is 1. The van der Waals surface area contributed by atoms with Gasteiger partial charge in [0.05, 0.1) is 28.0 Å². The fraction of sp³-hybridized carbons (Fsp3) is 0.323. The van der Waals surface area contributed by atoms with Gasteiger partial charge in [0.1, 0.15) is 22.5 Å². The summed E-state index contributed by atoms with van der Waals surface area (Å²) in [5.74, 6) is -6.61. The average molecular weight is 662 g/mol. The molecule has 14 heteroatoms. The van der Waals surface area contributed by atoms with E-state index in [0.717, 1.165) is 0 Å². The molecule has 1 aromatic heterocycles. The summed E-state index contributed by atoms with van der Waals surface area (Å²) in [4.78, 5) is 21.6. The van der Waals surface area contributed by atoms with Crippen molar-refractivity contribution in [1.29, 1.82) is 5.26 Å². The van der Waals surface area contributed by atoms with Gasteiger partial charge < -0.3 is 25.3 Å². The van der Waals surface area contributed by atoms with Gasteiger partial charge in [0, 0.05) is 37.4 Å². The molecule has 2 unspecified atom stereocenters. The van der Waals surface area contributed by atoms with Crippen LogP contribution in [0.4, 0.5) is 19.0 Å². The van der Waals surface area contributed by atoms with Crippen LogP contribution in [0.3, 0.4) is 0 Å². The zero-order valence-electron chi connectivity index (χ0n) is 24.5. The highest BCUT2D eigenvalue weighted by molar-refractivity contribution is 6.34. The number of allylic oxidation sites excluding steroid dienone is 2. The first kappa shape index (κ1) is 32.2. The van der Waals surface area contributed by atoms with Gasteiger partial charge in [-0.25, -0.2) is 18.2 Å². The predicted molar refractivity (Wildman–Crippen MR) is 164 cm³/mol. The standard InChI is InChI=1S/C31H29Cl2F3N6O3/c1-5-19(43)40-8-10-41(11-9-40)28-16-12-18(32)26(20-22(34)23(35)21(33)24(36)29(20)44)39-30(16)42(31(45)17(28)13-37)27-15(4)6-7-38-25(27)14(2)3/h5-7,12,14,25,31,38,44-45H,1,8-11H2,2-4H3. The number of nitrogens with zero attached hydrogens (tertiary/aromatic N) is 5. The number of dihydropyridines is 1. The van der Waals surface area contributed by atoms with Gasteiger partial charge in [-0.3, -0.25) is 9.69 Å². The predicted octanol–water partition coefficient (Wildman–Crippen LogP) is 5.30. The van der Waals surface area contributed by atoms with Gasteiger partial charge in [-0.05, 0) is 42.8 Å². The molecule has 4 heterocycles. The quantitative estimate of drug-likeness (QED) is 0.225. The van der Waals surface area contributed by atoms with E-state index in [-0.39, 0.29) is 71.7 Å². The average Bonchev–Trinajstić information content (AvgIpc) is 3.02. The molecule has 1 amide bonds. The number of carbonyl (C=O) groups excluding carboxylic acids is 1. The summed E-state index contributed by atoms with van der Waals surface area (Å²) in [7, 11) is 0. The van der Waals surface area contributed by atoms with E-state index in [0.29, 0.717) is 11.3 Å². The van der Waals surface area contributed by atoms with Crippen LogP contribution in [-0.2, 0) is 4.79 Å². The Morgan fingerprint density at radius 3 is 2.47 bits per heavy atom. The van der Waals surface area contributed by atoms with Crippen LogP contribution in [0.2, 0.25) is 10.0 Å². The molecular weight excluding hydrogens is 632 g/mol. The first-order chi connectivity index (χ1) is 21.3. The number of nitriles is 1. The molecule has 0 bridgehead atoms. The Morgan fingerprint density at radius 2 is 1.87 bits per heavy atom. The summed E-state index contributed by atoms with van der Waals surface area (Å²) in [6.07, 6.45) is 3.13. The van der Waals surface area contributed by atoms with Crippen molar-refractivity contribution in [2.75, 3.05) is 31.1 Å². The molecule has 1 saturated heterocycles. The summed E-state index contributed by atoms with van der Waals surface area (Å²) >= 11 is 12.2. The van der Waals surface area contributed by atoms with Crippen molar-refractivity contribution in [2.45, 2.75) is 33.0 Å². The number of phenols is 1. The van der Waals surface area contributed by atoms with Gasteiger partial charge in [-0.2, -0.15) is 5.26 Å². The van der Waals surface area contributed by atoms with Gasteiger partial charge in [-0.15, -0.1) is 0 Å². The molecule has 9 nitrogen and oxygen atoms in total. The van der Waals surface area contributed by atoms with Crippen LogP contribution in [0.25, 0.3) is 17.0 Å². The maximum Gasteiger partial charge on any atom is 0.246 e. The van der Waals surface area contributed by atoms with Crippen LogP contribution in [0.1, 0.15) is 26.3 Å². The summed E-state index contributed by atoms with van der Waals surface area (Å²) in [6, 6.07) is 3.09. The number of hydrogen-bond acceptors (Lipinski definition) is 8. The van der Waals surface area contributed by atoms with E-state index in [9.17, 15) is 29.1 Å². The second-order valence-electron chi connectivity index (χ2n) is 11.1. The lowest BCUT2D eigenvalue weighted by Gasteiger charge is -2.45. The number of aliphatic hydroxyl groups is 1. The van der Waals surface area contributed by atoms with Crippen LogP contribution in [0.5, 0.6) is 5.75 Å². The number of rotatable bonds is 5. The summed E-state index contributed by atoms with van der Waals surface area (Å²) in [5, 5.41) is 34.6. The molecule has 0 spiro atoms. The third-order valence-electron chi connectivity index (χ3n) is 8.11. The van der Waals surface area contributed by atoms with Gasteiger partial charge in [0.2, 0.25) is 5.91 Å². The van der Waals surface area contributed by atoms with Crippen LogP contribution < -0.4 is 10.2 Å². The van der Waals surface area contributed by atoms with Gasteiger partial charge in [0.25, 0.3) is 0 Å². The lowest BCUT2D eigenvalue weighted by Crippen LogP contribution is -2.52. The van der Waals surface area contributed by atoms with E-state index in [1.165, 1.54) is 17.0 Å². The smallest absolute Gasteiger partial charge is 0.246 e. The maximum absolute atomic E-state index is 15.3. The number of halogens is 5. The lowest BCUT2D eigenvalue weighted by molar-refractivity contribution is -0.127. The third-order valence-corrected chi connectivity index (χ3v) is 8.73. The Hall–Kier alpha value is -4.18. The van der Waals surface area contributed by atoms with E-state index < -0.39 is 45.7 Å². The summed E-state index contributed by atoms with van der Waals surface area (Å²) in [6.45, 7) is 10.4. The molecule has 0 saturated carbocycles. The molecule has 236 valence electrons. The van der Waals surface area contributed by atoms with E-state index in [1.807, 2.05) is 25.7 Å². The molecule has 1 aromatic carbocycles. The number of aliphatic hydroxyl groups excluding tert-OH is 1. The number of piperazine rings is 1. The molecule has 45 heavy (non-hydrogen) atoms. The van der Waals surface area contributed by atoms with Crippen LogP contribution in [0, 0.1) is 34.7 Å². The second kappa shape index (κ2) is 12.3. The van der Waals surface area contributed by atoms with Crippen molar-refractivity contribution in [2.24, 2.45) is 5.92 Å². The Morgan fingerprint density at radius 1 is 1.20 bits per heavy atom. The molecule has 3 N–H and O–H groups in total. The van der Waals surface area contributed by atoms with E-state index in [1.54, 1.807) is 17.2 Å². The molecule has 3 aliphatic heterocycles. The van der Waals surface area contributed by atoms with E-state index in [4.69, 9.17) is 23.2 Å². The van der Waals surface area contributed by atoms with Crippen molar-refractivity contribution in [1.82, 2.24) is 20.1 Å². The number of benzene rings is 1. The van der Waals surface area contributed by atoms with E-state index >= 15 is 4.39 Å². The molecule has 3 aliphatic rings. The third kappa shape index (κ3) is 5.28. The molecule has 2 aromatic rings. The highest BCUT2D eigenvalue weighted by Crippen LogP contribution is 2.48. The fourth-order valence-corrected chi connectivity index (χ4v) is 6.29. The fourth-order valence-electron chi connectivity index (χ4n) is 5.87. The number of anilines is 1. The largest absolute Gasteiger partial charge is 0.504 e. The normalized spacial score (nSPS) is 20.0. The number of fused-ring (bicyclic) bond motifs is 1. The minimum atomic E-state index is -1.74. The number of hydrogen-bond donors (Lipinski definition) is 3. The highest BCUT2D eigenvalue weighted by Gasteiger charge is 2.42. The van der Waals surface area contributed by atoms with Gasteiger partial charge in [-0.1, -0.05) is 43.6 Å².